The van der Waals surface area contributed by atoms with Gasteiger partial charge in [0.25, 0.3) is 0 Å². The number of esters is 1. The second kappa shape index (κ2) is 13.9. The third kappa shape index (κ3) is 7.76. The van der Waals surface area contributed by atoms with Gasteiger partial charge in [0.1, 0.15) is 0 Å². The Bertz CT molecular complexity index is 1030. The van der Waals surface area contributed by atoms with Gasteiger partial charge in [-0.1, -0.05) is 91.0 Å². The number of nitrogens with zero attached hydrogens (tertiary/aromatic N) is 1. The first kappa shape index (κ1) is 26.1. The van der Waals surface area contributed by atoms with Gasteiger partial charge in [0.15, 0.2) is 0 Å². The Labute approximate surface area is 215 Å². The predicted molar refractivity (Wildman–Crippen MR) is 141 cm³/mol. The highest BCUT2D eigenvalue weighted by molar-refractivity contribution is 5.70. The summed E-state index contributed by atoms with van der Waals surface area (Å²) in [7, 11) is 0. The van der Waals surface area contributed by atoms with Crippen LogP contribution >= 0.6 is 0 Å². The van der Waals surface area contributed by atoms with Gasteiger partial charge in [0, 0.05) is 12.6 Å². The summed E-state index contributed by atoms with van der Waals surface area (Å²) < 4.78 is 18.1. The molecule has 190 valence electrons. The van der Waals surface area contributed by atoms with Crippen molar-refractivity contribution in [1.29, 1.82) is 0 Å². The number of ether oxygens (including phenoxy) is 3. The minimum atomic E-state index is -0.145. The van der Waals surface area contributed by atoms with E-state index in [0.717, 1.165) is 30.5 Å². The van der Waals surface area contributed by atoms with E-state index < -0.39 is 0 Å². The average molecular weight is 488 g/mol. The summed E-state index contributed by atoms with van der Waals surface area (Å²) in [5.74, 6) is -0.145. The summed E-state index contributed by atoms with van der Waals surface area (Å²) in [5, 5.41) is 0. The van der Waals surface area contributed by atoms with Crippen LogP contribution in [0.5, 0.6) is 0 Å². The van der Waals surface area contributed by atoms with Crippen molar-refractivity contribution in [2.45, 2.75) is 64.1 Å². The molecule has 0 amide bonds. The number of hydrogen-bond donors (Lipinski definition) is 0. The number of piperidine rings is 1. The van der Waals surface area contributed by atoms with E-state index in [1.54, 1.807) is 0 Å². The quantitative estimate of drug-likeness (QED) is 0.303. The number of benzene rings is 3. The normalized spacial score (nSPS) is 20.2. The Hall–Kier alpha value is -2.99. The van der Waals surface area contributed by atoms with Crippen LogP contribution < -0.4 is 0 Å². The Morgan fingerprint density at radius 1 is 0.806 bits per heavy atom. The molecule has 2 unspecified atom stereocenters. The fraction of sp³-hybridized carbons (Fsp3) is 0.387. The number of likely N-dealkylation sites (tertiary alicyclic amines) is 1. The molecular weight excluding hydrogens is 450 g/mol. The monoisotopic (exact) mass is 487 g/mol. The molecule has 0 bridgehead atoms. The molecule has 5 heteroatoms. The molecule has 3 aromatic rings. The number of carbonyl (C=O) groups excluding carboxylic acids is 1. The summed E-state index contributed by atoms with van der Waals surface area (Å²) in [5.41, 5.74) is 3.51. The van der Waals surface area contributed by atoms with Gasteiger partial charge in [-0.15, -0.1) is 0 Å². The largest absolute Gasteiger partial charge is 0.466 e. The highest BCUT2D eigenvalue weighted by Crippen LogP contribution is 2.31. The zero-order valence-corrected chi connectivity index (χ0v) is 21.1. The molecule has 1 aliphatic heterocycles. The van der Waals surface area contributed by atoms with Crippen molar-refractivity contribution in [3.8, 4) is 0 Å². The van der Waals surface area contributed by atoms with Crippen molar-refractivity contribution in [3.05, 3.63) is 108 Å². The lowest BCUT2D eigenvalue weighted by Crippen LogP contribution is -2.56. The summed E-state index contributed by atoms with van der Waals surface area (Å²) in [6.07, 6.45) is 2.13. The molecule has 0 spiro atoms. The SMILES string of the molecule is CCOC(=O)C[C@H]1CCC(OCc2ccccc2)C(COCc2ccccc2)N1Cc1ccccc1. The molecule has 5 nitrogen and oxygen atoms in total. The molecule has 0 saturated carbocycles. The van der Waals surface area contributed by atoms with Gasteiger partial charge in [-0.3, -0.25) is 9.69 Å². The molecule has 4 rings (SSSR count). The molecule has 1 fully saturated rings. The predicted octanol–water partition coefficient (Wildman–Crippen LogP) is 5.78. The molecule has 36 heavy (non-hydrogen) atoms. The smallest absolute Gasteiger partial charge is 0.307 e. The lowest BCUT2D eigenvalue weighted by Gasteiger charge is -2.46. The van der Waals surface area contributed by atoms with Crippen molar-refractivity contribution in [2.24, 2.45) is 0 Å². The first-order valence-corrected chi connectivity index (χ1v) is 13.0. The number of carbonyl (C=O) groups is 1. The highest BCUT2D eigenvalue weighted by Gasteiger charge is 2.39. The van der Waals surface area contributed by atoms with Crippen molar-refractivity contribution >= 4 is 5.97 Å². The minimum absolute atomic E-state index is 0.00290. The molecule has 0 N–H and O–H groups in total. The Morgan fingerprint density at radius 3 is 2.00 bits per heavy atom. The van der Waals surface area contributed by atoms with Crippen LogP contribution in [-0.2, 0) is 38.8 Å². The zero-order chi connectivity index (χ0) is 25.0. The van der Waals surface area contributed by atoms with Crippen LogP contribution in [0.25, 0.3) is 0 Å². The van der Waals surface area contributed by atoms with E-state index in [9.17, 15) is 4.79 Å². The fourth-order valence-corrected chi connectivity index (χ4v) is 4.92. The van der Waals surface area contributed by atoms with Gasteiger partial charge in [0.05, 0.1) is 45.0 Å². The van der Waals surface area contributed by atoms with Crippen LogP contribution in [0.3, 0.4) is 0 Å². The van der Waals surface area contributed by atoms with Gasteiger partial charge in [0.2, 0.25) is 0 Å². The molecule has 3 atom stereocenters. The van der Waals surface area contributed by atoms with Gasteiger partial charge in [-0.2, -0.15) is 0 Å². The lowest BCUT2D eigenvalue weighted by atomic mass is 9.90. The lowest BCUT2D eigenvalue weighted by molar-refractivity contribution is -0.148. The Kier molecular flexibility index (Phi) is 10.1. The van der Waals surface area contributed by atoms with Crippen molar-refractivity contribution < 1.29 is 19.0 Å². The van der Waals surface area contributed by atoms with E-state index in [4.69, 9.17) is 14.2 Å². The number of hydrogen-bond acceptors (Lipinski definition) is 5. The summed E-state index contributed by atoms with van der Waals surface area (Å²) in [6.45, 7) is 4.62. The third-order valence-electron chi connectivity index (χ3n) is 6.73. The molecular formula is C31H37NO4. The van der Waals surface area contributed by atoms with Crippen molar-refractivity contribution in [3.63, 3.8) is 0 Å². The van der Waals surface area contributed by atoms with Crippen LogP contribution in [0.15, 0.2) is 91.0 Å². The standard InChI is InChI=1S/C31H37NO4/c1-2-35-31(33)20-28-18-19-30(36-23-27-16-10-5-11-17-27)29(24-34-22-26-14-8-4-9-15-26)32(28)21-25-12-6-3-7-13-25/h3-17,28-30H,2,18-24H2,1H3/t28-,29?,30?/m1/s1. The van der Waals surface area contributed by atoms with Crippen molar-refractivity contribution in [1.82, 2.24) is 4.90 Å². The van der Waals surface area contributed by atoms with Crippen LogP contribution in [0.2, 0.25) is 0 Å². The molecule has 1 saturated heterocycles. The maximum absolute atomic E-state index is 12.5. The Morgan fingerprint density at radius 2 is 1.39 bits per heavy atom. The minimum Gasteiger partial charge on any atom is -0.466 e. The van der Waals surface area contributed by atoms with Crippen LogP contribution in [0, 0.1) is 0 Å². The molecule has 0 aromatic heterocycles. The first-order valence-electron chi connectivity index (χ1n) is 13.0. The van der Waals surface area contributed by atoms with Crippen LogP contribution in [0.1, 0.15) is 42.9 Å². The summed E-state index contributed by atoms with van der Waals surface area (Å²) >= 11 is 0. The van der Waals surface area contributed by atoms with E-state index >= 15 is 0 Å². The van der Waals surface area contributed by atoms with Gasteiger partial charge >= 0.3 is 5.97 Å². The van der Waals surface area contributed by atoms with Crippen LogP contribution in [-0.4, -0.2) is 42.3 Å². The number of rotatable bonds is 12. The highest BCUT2D eigenvalue weighted by atomic mass is 16.5. The van der Waals surface area contributed by atoms with E-state index in [1.807, 2.05) is 49.4 Å². The Balaban J connectivity index is 1.53. The van der Waals surface area contributed by atoms with E-state index in [2.05, 4.69) is 53.4 Å². The maximum atomic E-state index is 12.5. The fourth-order valence-electron chi connectivity index (χ4n) is 4.92. The topological polar surface area (TPSA) is 48.0 Å². The second-order valence-electron chi connectivity index (χ2n) is 9.30. The zero-order valence-electron chi connectivity index (χ0n) is 21.1. The molecule has 0 radical (unpaired) electrons. The molecule has 1 heterocycles. The second-order valence-corrected chi connectivity index (χ2v) is 9.30. The van der Waals surface area contributed by atoms with Crippen LogP contribution in [0.4, 0.5) is 0 Å². The third-order valence-corrected chi connectivity index (χ3v) is 6.73. The van der Waals surface area contributed by atoms with Gasteiger partial charge in [-0.25, -0.2) is 0 Å². The van der Waals surface area contributed by atoms with Gasteiger partial charge in [-0.05, 0) is 36.5 Å². The molecule has 1 aliphatic rings. The van der Waals surface area contributed by atoms with Crippen molar-refractivity contribution in [2.75, 3.05) is 13.2 Å². The van der Waals surface area contributed by atoms with E-state index in [0.29, 0.717) is 32.8 Å². The maximum Gasteiger partial charge on any atom is 0.307 e. The first-order chi connectivity index (χ1) is 17.7. The summed E-state index contributed by atoms with van der Waals surface area (Å²) in [4.78, 5) is 14.9. The van der Waals surface area contributed by atoms with Gasteiger partial charge < -0.3 is 14.2 Å². The van der Waals surface area contributed by atoms with E-state index in [1.165, 1.54) is 5.56 Å². The molecule has 0 aliphatic carbocycles. The van der Waals surface area contributed by atoms with E-state index in [-0.39, 0.29) is 24.2 Å². The average Bonchev–Trinajstić information content (AvgIpc) is 2.91. The summed E-state index contributed by atoms with van der Waals surface area (Å²) in [6, 6.07) is 31.0. The molecule has 3 aromatic carbocycles.